The number of allylic oxidation sites excluding steroid dienone is 5. The van der Waals surface area contributed by atoms with Crippen molar-refractivity contribution in [3.05, 3.63) is 34.9 Å². The van der Waals surface area contributed by atoms with Crippen LogP contribution in [-0.4, -0.2) is 52.9 Å². The van der Waals surface area contributed by atoms with E-state index in [0.717, 1.165) is 25.7 Å². The standard InChI is InChI=1S/C25H42N2O4S.CH3NO/c1-18(2)9-7-10-19(3)11-8-12-20(4)15-16-32-17-23(25(30)31)27-24(29)14-13-21(5)26-22(6)28;2-1-3/h9,11,15,21,23H,7-8,10,12-14,16-17H2,1-6H3,(H,26,28)(H,27,29)(H,30,31);1H,(H2,2,3)/b19-11+,20-15+;. The summed E-state index contributed by atoms with van der Waals surface area (Å²) >= 11 is 1.50. The summed E-state index contributed by atoms with van der Waals surface area (Å²) in [5.41, 5.74) is 8.22. The number of carboxylic acids is 1. The lowest BCUT2D eigenvalue weighted by molar-refractivity contribution is -0.141. The normalized spacial score (nSPS) is 13.0. The fourth-order valence-electron chi connectivity index (χ4n) is 2.93. The molecule has 0 fully saturated rings. The van der Waals surface area contributed by atoms with Crippen LogP contribution >= 0.6 is 11.8 Å². The van der Waals surface area contributed by atoms with Crippen LogP contribution in [0, 0.1) is 0 Å². The van der Waals surface area contributed by atoms with Crippen LogP contribution in [0.5, 0.6) is 0 Å². The maximum Gasteiger partial charge on any atom is 0.327 e. The van der Waals surface area contributed by atoms with Crippen molar-refractivity contribution in [1.82, 2.24) is 10.6 Å². The van der Waals surface area contributed by atoms with E-state index in [9.17, 15) is 19.5 Å². The van der Waals surface area contributed by atoms with Crippen molar-refractivity contribution in [2.24, 2.45) is 5.73 Å². The Morgan fingerprint density at radius 1 is 0.914 bits per heavy atom. The van der Waals surface area contributed by atoms with E-state index in [1.54, 1.807) is 0 Å². The number of aliphatic carboxylic acids is 1. The van der Waals surface area contributed by atoms with Crippen LogP contribution in [-0.2, 0) is 19.2 Å². The lowest BCUT2D eigenvalue weighted by Gasteiger charge is -2.16. The third-order valence-corrected chi connectivity index (χ3v) is 5.82. The number of hydrogen-bond acceptors (Lipinski definition) is 5. The number of amides is 3. The molecule has 0 saturated heterocycles. The minimum atomic E-state index is -1.03. The maximum atomic E-state index is 12.0. The van der Waals surface area contributed by atoms with Gasteiger partial charge in [-0.25, -0.2) is 4.79 Å². The first-order valence-electron chi connectivity index (χ1n) is 11.9. The van der Waals surface area contributed by atoms with Crippen molar-refractivity contribution in [3.8, 4) is 0 Å². The zero-order valence-corrected chi connectivity index (χ0v) is 23.0. The maximum absolute atomic E-state index is 12.0. The molecule has 0 heterocycles. The molecule has 0 aromatic carbocycles. The van der Waals surface area contributed by atoms with Gasteiger partial charge < -0.3 is 21.5 Å². The monoisotopic (exact) mass is 511 g/mol. The summed E-state index contributed by atoms with van der Waals surface area (Å²) in [6.07, 6.45) is 11.8. The van der Waals surface area contributed by atoms with Crippen LogP contribution in [0.3, 0.4) is 0 Å². The summed E-state index contributed by atoms with van der Waals surface area (Å²) in [5.74, 6) is -0.459. The van der Waals surface area contributed by atoms with Crippen molar-refractivity contribution >= 4 is 36.0 Å². The molecule has 200 valence electrons. The summed E-state index contributed by atoms with van der Waals surface area (Å²) in [7, 11) is 0. The quantitative estimate of drug-likeness (QED) is 0.140. The van der Waals surface area contributed by atoms with Crippen LogP contribution in [0.1, 0.15) is 80.1 Å². The molecule has 3 amide bonds. The van der Waals surface area contributed by atoms with Gasteiger partial charge in [-0.2, -0.15) is 11.8 Å². The molecule has 0 radical (unpaired) electrons. The average Bonchev–Trinajstić information content (AvgIpc) is 2.74. The SMILES string of the molecule is CC(=O)NC(C)CCC(=O)NC(CSC/C=C(\C)CC/C=C(\C)CCC=C(C)C)C(=O)O.NC=O. The summed E-state index contributed by atoms with van der Waals surface area (Å²) < 4.78 is 0. The number of primary amides is 1. The molecule has 0 saturated carbocycles. The molecule has 8 nitrogen and oxygen atoms in total. The van der Waals surface area contributed by atoms with Crippen molar-refractivity contribution in [2.45, 2.75) is 92.2 Å². The predicted molar refractivity (Wildman–Crippen MR) is 145 cm³/mol. The van der Waals surface area contributed by atoms with Crippen LogP contribution in [0.2, 0.25) is 0 Å². The van der Waals surface area contributed by atoms with Gasteiger partial charge >= 0.3 is 5.97 Å². The first-order chi connectivity index (χ1) is 16.4. The fraction of sp³-hybridized carbons (Fsp3) is 0.615. The molecule has 0 aliphatic heterocycles. The van der Waals surface area contributed by atoms with Gasteiger partial charge in [-0.3, -0.25) is 14.4 Å². The topological polar surface area (TPSA) is 139 Å². The van der Waals surface area contributed by atoms with Gasteiger partial charge in [-0.1, -0.05) is 34.9 Å². The minimum Gasteiger partial charge on any atom is -0.480 e. The van der Waals surface area contributed by atoms with Gasteiger partial charge in [-0.15, -0.1) is 0 Å². The molecule has 0 aliphatic carbocycles. The van der Waals surface area contributed by atoms with E-state index in [-0.39, 0.29) is 30.7 Å². The first-order valence-corrected chi connectivity index (χ1v) is 13.0. The van der Waals surface area contributed by atoms with Crippen molar-refractivity contribution in [2.75, 3.05) is 11.5 Å². The molecular weight excluding hydrogens is 466 g/mol. The second-order valence-corrected chi connectivity index (χ2v) is 9.81. The molecular formula is C26H45N3O5S. The highest BCUT2D eigenvalue weighted by Gasteiger charge is 2.20. The zero-order chi connectivity index (χ0) is 27.2. The zero-order valence-electron chi connectivity index (χ0n) is 22.2. The molecule has 5 N–H and O–H groups in total. The van der Waals surface area contributed by atoms with Gasteiger partial charge in [0, 0.05) is 30.9 Å². The Kier molecular flexibility index (Phi) is 21.7. The van der Waals surface area contributed by atoms with E-state index in [2.05, 4.69) is 62.3 Å². The number of nitrogens with one attached hydrogen (secondary N) is 2. The van der Waals surface area contributed by atoms with Crippen molar-refractivity contribution < 1.29 is 24.3 Å². The van der Waals surface area contributed by atoms with E-state index < -0.39 is 12.0 Å². The lowest BCUT2D eigenvalue weighted by atomic mass is 10.1. The van der Waals surface area contributed by atoms with Gasteiger partial charge in [0.1, 0.15) is 6.04 Å². The molecule has 2 atom stereocenters. The van der Waals surface area contributed by atoms with Crippen LogP contribution in [0.4, 0.5) is 0 Å². The largest absolute Gasteiger partial charge is 0.480 e. The second-order valence-electron chi connectivity index (χ2n) is 8.73. The van der Waals surface area contributed by atoms with E-state index >= 15 is 0 Å². The minimum absolute atomic E-state index is 0.125. The molecule has 0 aromatic rings. The molecule has 35 heavy (non-hydrogen) atoms. The number of thioether (sulfide) groups is 1. The summed E-state index contributed by atoms with van der Waals surface area (Å²) in [6.45, 7) is 11.8. The number of hydrogen-bond donors (Lipinski definition) is 4. The number of carbonyl (C=O) groups is 4. The van der Waals surface area contributed by atoms with Crippen molar-refractivity contribution in [1.29, 1.82) is 0 Å². The van der Waals surface area contributed by atoms with E-state index in [1.165, 1.54) is 35.4 Å². The Bertz CT molecular complexity index is 743. The Hall–Kier alpha value is -2.55. The summed E-state index contributed by atoms with van der Waals surface area (Å²) in [4.78, 5) is 43.1. The summed E-state index contributed by atoms with van der Waals surface area (Å²) in [5, 5.41) is 14.7. The number of rotatable bonds is 16. The molecule has 9 heteroatoms. The Morgan fingerprint density at radius 2 is 1.46 bits per heavy atom. The Morgan fingerprint density at radius 3 is 1.97 bits per heavy atom. The molecule has 0 bridgehead atoms. The third kappa shape index (κ3) is 24.4. The predicted octanol–water partition coefficient (Wildman–Crippen LogP) is 4.11. The average molecular weight is 512 g/mol. The lowest BCUT2D eigenvalue weighted by Crippen LogP contribution is -2.43. The van der Waals surface area contributed by atoms with Gasteiger partial charge in [0.25, 0.3) is 0 Å². The highest BCUT2D eigenvalue weighted by atomic mass is 32.2. The number of nitrogens with two attached hydrogens (primary N) is 1. The van der Waals surface area contributed by atoms with Gasteiger partial charge in [0.2, 0.25) is 18.2 Å². The number of carbonyl (C=O) groups excluding carboxylic acids is 3. The molecule has 0 aromatic heterocycles. The Balaban J connectivity index is 0. The second kappa shape index (κ2) is 21.9. The molecule has 0 aliphatic rings. The van der Waals surface area contributed by atoms with Gasteiger partial charge in [0.15, 0.2) is 0 Å². The molecule has 2 unspecified atom stereocenters. The van der Waals surface area contributed by atoms with E-state index in [0.29, 0.717) is 17.9 Å². The highest BCUT2D eigenvalue weighted by Crippen LogP contribution is 2.13. The fourth-order valence-corrected chi connectivity index (χ4v) is 3.93. The molecule has 0 rings (SSSR count). The van der Waals surface area contributed by atoms with Gasteiger partial charge in [0.05, 0.1) is 0 Å². The van der Waals surface area contributed by atoms with Crippen LogP contribution in [0.25, 0.3) is 0 Å². The van der Waals surface area contributed by atoms with Crippen LogP contribution < -0.4 is 16.4 Å². The first kappa shape index (κ1) is 34.6. The van der Waals surface area contributed by atoms with E-state index in [1.807, 2.05) is 6.92 Å². The highest BCUT2D eigenvalue weighted by molar-refractivity contribution is 7.99. The Labute approximate surface area is 215 Å². The number of carboxylic acid groups (broad SMARTS) is 1. The van der Waals surface area contributed by atoms with Gasteiger partial charge in [-0.05, 0) is 66.7 Å². The van der Waals surface area contributed by atoms with Crippen LogP contribution in [0.15, 0.2) is 34.9 Å². The van der Waals surface area contributed by atoms with E-state index in [4.69, 9.17) is 4.79 Å². The smallest absolute Gasteiger partial charge is 0.327 e. The molecule has 0 spiro atoms. The summed E-state index contributed by atoms with van der Waals surface area (Å²) in [6, 6.07) is -1.04. The van der Waals surface area contributed by atoms with Crippen molar-refractivity contribution in [3.63, 3.8) is 0 Å². The third-order valence-electron chi connectivity index (χ3n) is 4.84.